The smallest absolute Gasteiger partial charge is 0.220 e. The average Bonchev–Trinajstić information content (AvgIpc) is 2.90. The summed E-state index contributed by atoms with van der Waals surface area (Å²) in [7, 11) is 0. The standard InChI is InChI=1S/C26H31BrN2O/c27-22-16-14-20(15-17-22)18-29-19-21(24-11-5-6-12-25(24)29)8-7-13-26(30)28-23-9-3-1-2-4-10-23/h5-6,11-12,14-17,19,23H,1-4,7-10,13,18H2,(H,28,30). The highest BCUT2D eigenvalue weighted by molar-refractivity contribution is 9.10. The lowest BCUT2D eigenvalue weighted by molar-refractivity contribution is -0.121. The van der Waals surface area contributed by atoms with E-state index in [2.05, 4.69) is 80.5 Å². The quantitative estimate of drug-likeness (QED) is 0.390. The summed E-state index contributed by atoms with van der Waals surface area (Å²) < 4.78 is 3.44. The molecule has 1 aliphatic carbocycles. The molecule has 4 heteroatoms. The lowest BCUT2D eigenvalue weighted by Gasteiger charge is -2.16. The number of fused-ring (bicyclic) bond motifs is 1. The highest BCUT2D eigenvalue weighted by Crippen LogP contribution is 2.24. The highest BCUT2D eigenvalue weighted by atomic mass is 79.9. The van der Waals surface area contributed by atoms with Crippen molar-refractivity contribution in [3.63, 3.8) is 0 Å². The van der Waals surface area contributed by atoms with E-state index in [0.29, 0.717) is 12.5 Å². The van der Waals surface area contributed by atoms with E-state index in [1.807, 2.05) is 0 Å². The maximum atomic E-state index is 12.4. The van der Waals surface area contributed by atoms with Gasteiger partial charge < -0.3 is 9.88 Å². The summed E-state index contributed by atoms with van der Waals surface area (Å²) in [4.78, 5) is 12.4. The van der Waals surface area contributed by atoms with Crippen molar-refractivity contribution in [2.75, 3.05) is 0 Å². The Hall–Kier alpha value is -2.07. The van der Waals surface area contributed by atoms with Gasteiger partial charge in [-0.15, -0.1) is 0 Å². The van der Waals surface area contributed by atoms with Gasteiger partial charge in [0.2, 0.25) is 5.91 Å². The van der Waals surface area contributed by atoms with Crippen molar-refractivity contribution < 1.29 is 4.79 Å². The van der Waals surface area contributed by atoms with Gasteiger partial charge in [0.05, 0.1) is 0 Å². The molecule has 1 aromatic heterocycles. The summed E-state index contributed by atoms with van der Waals surface area (Å²) in [6.07, 6.45) is 12.2. The van der Waals surface area contributed by atoms with Gasteiger partial charge in [-0.05, 0) is 55.0 Å². The molecule has 0 spiro atoms. The fraction of sp³-hybridized carbons (Fsp3) is 0.423. The van der Waals surface area contributed by atoms with E-state index in [0.717, 1.165) is 36.7 Å². The third kappa shape index (κ3) is 5.54. The maximum Gasteiger partial charge on any atom is 0.220 e. The molecular weight excluding hydrogens is 436 g/mol. The number of aromatic nitrogens is 1. The van der Waals surface area contributed by atoms with Crippen LogP contribution in [0.2, 0.25) is 0 Å². The Morgan fingerprint density at radius 1 is 1.00 bits per heavy atom. The Labute approximate surface area is 188 Å². The molecule has 30 heavy (non-hydrogen) atoms. The van der Waals surface area contributed by atoms with Gasteiger partial charge in [0.25, 0.3) is 0 Å². The summed E-state index contributed by atoms with van der Waals surface area (Å²) in [5, 5.41) is 4.58. The van der Waals surface area contributed by atoms with Crippen molar-refractivity contribution in [2.45, 2.75) is 70.4 Å². The largest absolute Gasteiger partial charge is 0.353 e. The van der Waals surface area contributed by atoms with Crippen LogP contribution in [0.4, 0.5) is 0 Å². The molecule has 0 unspecified atom stereocenters. The number of amides is 1. The molecule has 1 saturated carbocycles. The van der Waals surface area contributed by atoms with Crippen LogP contribution in [0.3, 0.4) is 0 Å². The van der Waals surface area contributed by atoms with Crippen molar-refractivity contribution in [1.82, 2.24) is 9.88 Å². The highest BCUT2D eigenvalue weighted by Gasteiger charge is 2.15. The topological polar surface area (TPSA) is 34.0 Å². The molecule has 4 rings (SSSR count). The zero-order chi connectivity index (χ0) is 20.8. The lowest BCUT2D eigenvalue weighted by Crippen LogP contribution is -2.34. The number of hydrogen-bond acceptors (Lipinski definition) is 1. The molecule has 3 aromatic rings. The number of benzene rings is 2. The van der Waals surface area contributed by atoms with Crippen LogP contribution in [0.1, 0.15) is 62.5 Å². The molecule has 1 aliphatic rings. The number of nitrogens with zero attached hydrogens (tertiary/aromatic N) is 1. The van der Waals surface area contributed by atoms with Crippen molar-refractivity contribution in [2.24, 2.45) is 0 Å². The average molecular weight is 467 g/mol. The van der Waals surface area contributed by atoms with Gasteiger partial charge in [-0.3, -0.25) is 4.79 Å². The van der Waals surface area contributed by atoms with Gasteiger partial charge in [0, 0.05) is 40.6 Å². The zero-order valence-electron chi connectivity index (χ0n) is 17.6. The van der Waals surface area contributed by atoms with Crippen LogP contribution >= 0.6 is 15.9 Å². The number of nitrogens with one attached hydrogen (secondary N) is 1. The van der Waals surface area contributed by atoms with E-state index in [4.69, 9.17) is 0 Å². The summed E-state index contributed by atoms with van der Waals surface area (Å²) in [6.45, 7) is 0.857. The third-order valence-corrected chi connectivity index (χ3v) is 6.74. The van der Waals surface area contributed by atoms with E-state index >= 15 is 0 Å². The van der Waals surface area contributed by atoms with Crippen LogP contribution in [-0.4, -0.2) is 16.5 Å². The Kier molecular flexibility index (Phi) is 7.27. The Balaban J connectivity index is 1.38. The number of para-hydroxylation sites is 1. The number of carbonyl (C=O) groups excluding carboxylic acids is 1. The van der Waals surface area contributed by atoms with E-state index < -0.39 is 0 Å². The molecule has 1 amide bonds. The Bertz CT molecular complexity index is 968. The minimum absolute atomic E-state index is 0.223. The first-order valence-electron chi connectivity index (χ1n) is 11.3. The van der Waals surface area contributed by atoms with Crippen molar-refractivity contribution >= 4 is 32.7 Å². The van der Waals surface area contributed by atoms with Crippen LogP contribution in [0.5, 0.6) is 0 Å². The first-order valence-corrected chi connectivity index (χ1v) is 12.1. The molecule has 1 fully saturated rings. The van der Waals surface area contributed by atoms with Gasteiger partial charge in [-0.1, -0.05) is 71.9 Å². The molecule has 1 N–H and O–H groups in total. The second kappa shape index (κ2) is 10.3. The summed E-state index contributed by atoms with van der Waals surface area (Å²) in [5.41, 5.74) is 3.89. The maximum absolute atomic E-state index is 12.4. The van der Waals surface area contributed by atoms with Crippen molar-refractivity contribution in [3.05, 3.63) is 70.3 Å². The molecular formula is C26H31BrN2O. The number of rotatable bonds is 7. The molecule has 1 heterocycles. The minimum atomic E-state index is 0.223. The number of carbonyl (C=O) groups is 1. The van der Waals surface area contributed by atoms with Gasteiger partial charge in [0.15, 0.2) is 0 Å². The second-order valence-corrected chi connectivity index (χ2v) is 9.45. The fourth-order valence-corrected chi connectivity index (χ4v) is 4.87. The van der Waals surface area contributed by atoms with Gasteiger partial charge in [-0.2, -0.15) is 0 Å². The van der Waals surface area contributed by atoms with Gasteiger partial charge in [-0.25, -0.2) is 0 Å². The number of hydrogen-bond donors (Lipinski definition) is 1. The minimum Gasteiger partial charge on any atom is -0.353 e. The van der Waals surface area contributed by atoms with Crippen LogP contribution in [-0.2, 0) is 17.8 Å². The number of halogens is 1. The zero-order valence-corrected chi connectivity index (χ0v) is 19.2. The molecule has 158 valence electrons. The van der Waals surface area contributed by atoms with Crippen LogP contribution in [0.15, 0.2) is 59.2 Å². The van der Waals surface area contributed by atoms with Gasteiger partial charge >= 0.3 is 0 Å². The molecule has 3 nitrogen and oxygen atoms in total. The first kappa shape index (κ1) is 21.2. The third-order valence-electron chi connectivity index (χ3n) is 6.21. The van der Waals surface area contributed by atoms with E-state index in [-0.39, 0.29) is 5.91 Å². The first-order chi connectivity index (χ1) is 14.7. The fourth-order valence-electron chi connectivity index (χ4n) is 4.60. The molecule has 0 atom stereocenters. The summed E-state index contributed by atoms with van der Waals surface area (Å²) in [6, 6.07) is 17.5. The lowest BCUT2D eigenvalue weighted by atomic mass is 10.1. The van der Waals surface area contributed by atoms with Crippen molar-refractivity contribution in [1.29, 1.82) is 0 Å². The molecule has 0 radical (unpaired) electrons. The molecule has 0 aliphatic heterocycles. The van der Waals surface area contributed by atoms with E-state index in [9.17, 15) is 4.79 Å². The van der Waals surface area contributed by atoms with Crippen molar-refractivity contribution in [3.8, 4) is 0 Å². The summed E-state index contributed by atoms with van der Waals surface area (Å²) >= 11 is 3.51. The van der Waals surface area contributed by atoms with E-state index in [1.54, 1.807) is 0 Å². The predicted octanol–water partition coefficient (Wildman–Crippen LogP) is 6.61. The normalized spacial score (nSPS) is 15.2. The monoisotopic (exact) mass is 466 g/mol. The van der Waals surface area contributed by atoms with Gasteiger partial charge in [0.1, 0.15) is 0 Å². The Morgan fingerprint density at radius 3 is 2.50 bits per heavy atom. The van der Waals surface area contributed by atoms with Crippen LogP contribution in [0.25, 0.3) is 10.9 Å². The molecule has 0 bridgehead atoms. The second-order valence-electron chi connectivity index (χ2n) is 8.54. The number of aryl methyl sites for hydroxylation is 1. The summed E-state index contributed by atoms with van der Waals surface area (Å²) in [5.74, 6) is 0.223. The van der Waals surface area contributed by atoms with E-state index in [1.165, 1.54) is 47.7 Å². The van der Waals surface area contributed by atoms with Crippen LogP contribution in [0, 0.1) is 0 Å². The van der Waals surface area contributed by atoms with Crippen LogP contribution < -0.4 is 5.32 Å². The Morgan fingerprint density at radius 2 is 1.73 bits per heavy atom. The molecule has 0 saturated heterocycles. The predicted molar refractivity (Wildman–Crippen MR) is 128 cm³/mol. The SMILES string of the molecule is O=C(CCCc1cn(Cc2ccc(Br)cc2)c2ccccc12)NC1CCCCCC1. The molecule has 2 aromatic carbocycles.